The van der Waals surface area contributed by atoms with E-state index >= 15 is 0 Å². The number of thiazole rings is 1. The number of anilines is 1. The molecule has 2 rings (SSSR count). The largest absolute Gasteiger partial charge is 0.377 e. The number of nitrogens with one attached hydrogen (secondary N) is 1. The average Bonchev–Trinajstić information content (AvgIpc) is 2.75. The number of hydrogen-bond acceptors (Lipinski definition) is 3. The lowest BCUT2D eigenvalue weighted by Crippen LogP contribution is -2.05. The lowest BCUT2D eigenvalue weighted by atomic mass is 10.2. The van der Waals surface area contributed by atoms with Crippen LogP contribution in [0.4, 0.5) is 5.69 Å². The number of benzene rings is 1. The number of nitrogens with zero attached hydrogens (tertiary/aromatic N) is 1. The number of aromatic nitrogens is 1. The van der Waals surface area contributed by atoms with Crippen LogP contribution in [0.3, 0.4) is 0 Å². The van der Waals surface area contributed by atoms with Crippen LogP contribution in [0.25, 0.3) is 0 Å². The molecular formula is C11H10ClIN2S. The Hall–Kier alpha value is -0.330. The topological polar surface area (TPSA) is 24.9 Å². The second-order valence-electron chi connectivity index (χ2n) is 3.39. The standard InChI is InChI=1S/C11H10ClIN2S/c1-7(11-5-14-6-16-11)15-10-3-2-8(12)4-9(10)13/h2-7,15H,1H3. The summed E-state index contributed by atoms with van der Waals surface area (Å²) in [5, 5.41) is 4.21. The van der Waals surface area contributed by atoms with Crippen molar-refractivity contribution < 1.29 is 0 Å². The van der Waals surface area contributed by atoms with E-state index in [0.29, 0.717) is 0 Å². The van der Waals surface area contributed by atoms with Gasteiger partial charge in [0.15, 0.2) is 0 Å². The summed E-state index contributed by atoms with van der Waals surface area (Å²) in [5.74, 6) is 0. The van der Waals surface area contributed by atoms with Crippen LogP contribution >= 0.6 is 45.5 Å². The van der Waals surface area contributed by atoms with Crippen molar-refractivity contribution in [2.45, 2.75) is 13.0 Å². The first-order valence-corrected chi connectivity index (χ1v) is 7.10. The van der Waals surface area contributed by atoms with Gasteiger partial charge in [-0.15, -0.1) is 11.3 Å². The SMILES string of the molecule is CC(Nc1ccc(Cl)cc1I)c1cncs1. The Morgan fingerprint density at radius 1 is 1.50 bits per heavy atom. The molecule has 2 nitrogen and oxygen atoms in total. The fourth-order valence-electron chi connectivity index (χ4n) is 1.35. The second-order valence-corrected chi connectivity index (χ2v) is 5.91. The molecule has 16 heavy (non-hydrogen) atoms. The third-order valence-electron chi connectivity index (χ3n) is 2.18. The summed E-state index contributed by atoms with van der Waals surface area (Å²) in [6.07, 6.45) is 1.89. The van der Waals surface area contributed by atoms with Crippen molar-refractivity contribution in [1.82, 2.24) is 4.98 Å². The predicted octanol–water partition coefficient (Wildman–Crippen LogP) is 4.57. The van der Waals surface area contributed by atoms with Gasteiger partial charge in [0.25, 0.3) is 0 Å². The van der Waals surface area contributed by atoms with Crippen LogP contribution < -0.4 is 5.32 Å². The minimum absolute atomic E-state index is 0.266. The van der Waals surface area contributed by atoms with E-state index in [9.17, 15) is 0 Å². The Kier molecular flexibility index (Phi) is 4.05. The second kappa shape index (κ2) is 5.33. The summed E-state index contributed by atoms with van der Waals surface area (Å²) in [6.45, 7) is 2.12. The number of halogens is 2. The maximum Gasteiger partial charge on any atom is 0.0795 e. The molecule has 0 radical (unpaired) electrons. The van der Waals surface area contributed by atoms with Crippen LogP contribution in [-0.2, 0) is 0 Å². The Morgan fingerprint density at radius 3 is 2.94 bits per heavy atom. The van der Waals surface area contributed by atoms with E-state index < -0.39 is 0 Å². The normalized spacial score (nSPS) is 12.4. The van der Waals surface area contributed by atoms with Crippen LogP contribution in [0, 0.1) is 3.57 Å². The molecule has 5 heteroatoms. The van der Waals surface area contributed by atoms with Crippen LogP contribution in [0.2, 0.25) is 5.02 Å². The molecule has 1 N–H and O–H groups in total. The van der Waals surface area contributed by atoms with E-state index in [2.05, 4.69) is 39.8 Å². The molecule has 2 aromatic rings. The van der Waals surface area contributed by atoms with Gasteiger partial charge in [-0.25, -0.2) is 0 Å². The predicted molar refractivity (Wildman–Crippen MR) is 78.3 cm³/mol. The summed E-state index contributed by atoms with van der Waals surface area (Å²) in [4.78, 5) is 5.30. The van der Waals surface area contributed by atoms with Gasteiger partial charge in [0.1, 0.15) is 0 Å². The van der Waals surface area contributed by atoms with E-state index in [0.717, 1.165) is 14.3 Å². The zero-order valence-corrected chi connectivity index (χ0v) is 12.3. The van der Waals surface area contributed by atoms with Crippen molar-refractivity contribution >= 4 is 51.2 Å². The maximum absolute atomic E-state index is 5.91. The lowest BCUT2D eigenvalue weighted by Gasteiger charge is -2.14. The molecule has 1 aromatic carbocycles. The van der Waals surface area contributed by atoms with Gasteiger partial charge in [-0.2, -0.15) is 0 Å². The first-order chi connectivity index (χ1) is 7.66. The number of rotatable bonds is 3. The Morgan fingerprint density at radius 2 is 2.31 bits per heavy atom. The smallest absolute Gasteiger partial charge is 0.0795 e. The van der Waals surface area contributed by atoms with Crippen molar-refractivity contribution in [3.63, 3.8) is 0 Å². The molecule has 1 heterocycles. The third-order valence-corrected chi connectivity index (χ3v) is 4.27. The summed E-state index contributed by atoms with van der Waals surface area (Å²) >= 11 is 9.85. The van der Waals surface area contributed by atoms with Gasteiger partial charge < -0.3 is 5.32 Å². The molecule has 1 aromatic heterocycles. The number of hydrogen-bond donors (Lipinski definition) is 1. The van der Waals surface area contributed by atoms with E-state index in [1.54, 1.807) is 11.3 Å². The summed E-state index contributed by atoms with van der Waals surface area (Å²) in [5.41, 5.74) is 2.95. The first-order valence-electron chi connectivity index (χ1n) is 4.77. The Balaban J connectivity index is 2.15. The monoisotopic (exact) mass is 364 g/mol. The van der Waals surface area contributed by atoms with Crippen molar-refractivity contribution in [2.24, 2.45) is 0 Å². The van der Waals surface area contributed by atoms with E-state index in [1.807, 2.05) is 29.9 Å². The van der Waals surface area contributed by atoms with Crippen molar-refractivity contribution in [2.75, 3.05) is 5.32 Å². The van der Waals surface area contributed by atoms with Gasteiger partial charge in [0, 0.05) is 25.4 Å². The Labute approximate surface area is 117 Å². The van der Waals surface area contributed by atoms with Crippen molar-refractivity contribution in [3.8, 4) is 0 Å². The molecule has 0 spiro atoms. The van der Waals surface area contributed by atoms with E-state index in [1.165, 1.54) is 4.88 Å². The summed E-state index contributed by atoms with van der Waals surface area (Å²) < 4.78 is 1.13. The molecule has 0 aliphatic rings. The van der Waals surface area contributed by atoms with Crippen LogP contribution in [-0.4, -0.2) is 4.98 Å². The summed E-state index contributed by atoms with van der Waals surface area (Å²) in [7, 11) is 0. The van der Waals surface area contributed by atoms with Crippen LogP contribution in [0.5, 0.6) is 0 Å². The molecule has 0 aliphatic carbocycles. The highest BCUT2D eigenvalue weighted by Crippen LogP contribution is 2.27. The van der Waals surface area contributed by atoms with E-state index in [-0.39, 0.29) is 6.04 Å². The van der Waals surface area contributed by atoms with Gasteiger partial charge in [0.05, 0.1) is 11.6 Å². The molecule has 0 fully saturated rings. The molecule has 0 aliphatic heterocycles. The van der Waals surface area contributed by atoms with Crippen molar-refractivity contribution in [1.29, 1.82) is 0 Å². The van der Waals surface area contributed by atoms with Gasteiger partial charge >= 0.3 is 0 Å². The molecule has 84 valence electrons. The molecule has 0 bridgehead atoms. The van der Waals surface area contributed by atoms with Gasteiger partial charge in [-0.1, -0.05) is 11.6 Å². The molecule has 0 saturated heterocycles. The quantitative estimate of drug-likeness (QED) is 0.807. The molecular weight excluding hydrogens is 355 g/mol. The fraction of sp³-hybridized carbons (Fsp3) is 0.182. The third kappa shape index (κ3) is 2.87. The van der Waals surface area contributed by atoms with Gasteiger partial charge in [-0.05, 0) is 47.7 Å². The van der Waals surface area contributed by atoms with Crippen LogP contribution in [0.15, 0.2) is 29.9 Å². The molecule has 0 amide bonds. The average molecular weight is 365 g/mol. The summed E-state index contributed by atoms with van der Waals surface area (Å²) in [6, 6.07) is 6.11. The minimum atomic E-state index is 0.266. The minimum Gasteiger partial charge on any atom is -0.377 e. The highest BCUT2D eigenvalue weighted by atomic mass is 127. The zero-order chi connectivity index (χ0) is 11.5. The molecule has 0 saturated carbocycles. The maximum atomic E-state index is 5.91. The van der Waals surface area contributed by atoms with Gasteiger partial charge in [0.2, 0.25) is 0 Å². The highest BCUT2D eigenvalue weighted by molar-refractivity contribution is 14.1. The molecule has 1 unspecified atom stereocenters. The zero-order valence-electron chi connectivity index (χ0n) is 8.58. The van der Waals surface area contributed by atoms with Crippen LogP contribution in [0.1, 0.15) is 17.8 Å². The van der Waals surface area contributed by atoms with E-state index in [4.69, 9.17) is 11.6 Å². The molecule has 1 atom stereocenters. The van der Waals surface area contributed by atoms with Gasteiger partial charge in [-0.3, -0.25) is 4.98 Å². The fourth-order valence-corrected chi connectivity index (χ4v) is 3.01. The Bertz CT molecular complexity index is 473. The van der Waals surface area contributed by atoms with Crippen molar-refractivity contribution in [3.05, 3.63) is 43.4 Å². The lowest BCUT2D eigenvalue weighted by molar-refractivity contribution is 0.902. The first kappa shape index (κ1) is 12.1. The highest BCUT2D eigenvalue weighted by Gasteiger charge is 2.08.